The first-order valence-electron chi connectivity index (χ1n) is 11.5. The molecule has 1 saturated heterocycles. The van der Waals surface area contributed by atoms with Gasteiger partial charge in [-0.05, 0) is 29.8 Å². The number of benzene rings is 3. The second-order valence-corrected chi connectivity index (χ2v) is 10.5. The molecule has 0 saturated carbocycles. The van der Waals surface area contributed by atoms with Gasteiger partial charge in [0.15, 0.2) is 6.10 Å². The Hall–Kier alpha value is -3.59. The lowest BCUT2D eigenvalue weighted by atomic mass is 10.2. The molecule has 3 aromatic carbocycles. The van der Waals surface area contributed by atoms with E-state index in [0.29, 0.717) is 48.9 Å². The number of fused-ring (bicyclic) bond motifs is 1. The van der Waals surface area contributed by atoms with Crippen molar-refractivity contribution in [1.29, 1.82) is 0 Å². The predicted molar refractivity (Wildman–Crippen MR) is 132 cm³/mol. The summed E-state index contributed by atoms with van der Waals surface area (Å²) in [6, 6.07) is 22.4. The number of hydrogen-bond donors (Lipinski definition) is 0. The second-order valence-electron chi connectivity index (χ2n) is 8.61. The zero-order chi connectivity index (χ0) is 24.4. The van der Waals surface area contributed by atoms with Crippen LogP contribution in [0, 0.1) is 5.82 Å². The monoisotopic (exact) mass is 495 g/mol. The number of halogens is 1. The summed E-state index contributed by atoms with van der Waals surface area (Å²) in [5.74, 6) is -0.380. The van der Waals surface area contributed by atoms with Crippen molar-refractivity contribution >= 4 is 27.3 Å². The van der Waals surface area contributed by atoms with E-state index in [4.69, 9.17) is 4.74 Å². The van der Waals surface area contributed by atoms with Crippen molar-refractivity contribution in [3.63, 3.8) is 0 Å². The highest BCUT2D eigenvalue weighted by molar-refractivity contribution is 7.92. The highest BCUT2D eigenvalue weighted by atomic mass is 32.2. The number of rotatable bonds is 5. The number of anilines is 2. The molecule has 0 spiro atoms. The Bertz CT molecular complexity index is 1310. The molecule has 2 heterocycles. The number of sulfonamides is 1. The fourth-order valence-corrected chi connectivity index (χ4v) is 6.12. The van der Waals surface area contributed by atoms with Gasteiger partial charge in [-0.15, -0.1) is 0 Å². The van der Waals surface area contributed by atoms with Crippen molar-refractivity contribution in [1.82, 2.24) is 4.90 Å². The van der Waals surface area contributed by atoms with Crippen molar-refractivity contribution in [2.75, 3.05) is 41.9 Å². The molecular weight excluding hydrogens is 469 g/mol. The van der Waals surface area contributed by atoms with Gasteiger partial charge in [-0.3, -0.25) is 9.10 Å². The van der Waals surface area contributed by atoms with Gasteiger partial charge < -0.3 is 14.5 Å². The largest absolute Gasteiger partial charge is 0.476 e. The summed E-state index contributed by atoms with van der Waals surface area (Å²) in [4.78, 5) is 17.0. The van der Waals surface area contributed by atoms with E-state index in [2.05, 4.69) is 0 Å². The van der Waals surface area contributed by atoms with Gasteiger partial charge >= 0.3 is 0 Å². The fourth-order valence-electron chi connectivity index (χ4n) is 4.54. The summed E-state index contributed by atoms with van der Waals surface area (Å²) in [7, 11) is -3.76. The number of amides is 1. The average molecular weight is 496 g/mol. The zero-order valence-corrected chi connectivity index (χ0v) is 19.9. The van der Waals surface area contributed by atoms with Crippen LogP contribution in [0.3, 0.4) is 0 Å². The lowest BCUT2D eigenvalue weighted by Crippen LogP contribution is -2.56. The molecule has 1 atom stereocenters. The molecule has 0 unspecified atom stereocenters. The van der Waals surface area contributed by atoms with Gasteiger partial charge in [0.05, 0.1) is 23.7 Å². The molecule has 5 rings (SSSR count). The van der Waals surface area contributed by atoms with Crippen LogP contribution in [0.1, 0.15) is 5.56 Å². The van der Waals surface area contributed by atoms with Crippen LogP contribution in [0.2, 0.25) is 0 Å². The van der Waals surface area contributed by atoms with Gasteiger partial charge in [-0.2, -0.15) is 0 Å². The molecule has 1 fully saturated rings. The first-order chi connectivity index (χ1) is 16.9. The predicted octanol–water partition coefficient (Wildman–Crippen LogP) is 3.27. The van der Waals surface area contributed by atoms with E-state index in [9.17, 15) is 17.6 Å². The van der Waals surface area contributed by atoms with Crippen LogP contribution in [0.4, 0.5) is 15.8 Å². The van der Waals surface area contributed by atoms with Crippen LogP contribution in [0.5, 0.6) is 5.75 Å². The standard InChI is InChI=1S/C26H26FN3O4S/c27-21-10-4-5-11-22(21)28-14-16-29(17-15-28)26(31)25-18-30(23-12-6-7-13-24(23)34-25)35(32,33)19-20-8-2-1-3-9-20/h1-13,25H,14-19H2/t25-/m0/s1. The van der Waals surface area contributed by atoms with Crippen molar-refractivity contribution in [3.05, 3.63) is 90.2 Å². The van der Waals surface area contributed by atoms with E-state index in [1.54, 1.807) is 71.6 Å². The molecule has 0 N–H and O–H groups in total. The number of hydrogen-bond acceptors (Lipinski definition) is 5. The van der Waals surface area contributed by atoms with E-state index >= 15 is 0 Å². The van der Waals surface area contributed by atoms with Crippen molar-refractivity contribution in [3.8, 4) is 5.75 Å². The molecular formula is C26H26FN3O4S. The third-order valence-electron chi connectivity index (χ3n) is 6.32. The summed E-state index contributed by atoms with van der Waals surface area (Å²) in [6.45, 7) is 1.65. The topological polar surface area (TPSA) is 70.2 Å². The molecule has 2 aliphatic rings. The number of carbonyl (C=O) groups is 1. The van der Waals surface area contributed by atoms with Crippen molar-refractivity contribution in [2.24, 2.45) is 0 Å². The van der Waals surface area contributed by atoms with Gasteiger partial charge in [0.2, 0.25) is 10.0 Å². The lowest BCUT2D eigenvalue weighted by Gasteiger charge is -2.40. The maximum atomic E-state index is 14.2. The van der Waals surface area contributed by atoms with Crippen LogP contribution >= 0.6 is 0 Å². The van der Waals surface area contributed by atoms with Crippen LogP contribution in [-0.4, -0.2) is 58.1 Å². The Balaban J connectivity index is 1.33. The smallest absolute Gasteiger partial charge is 0.265 e. The van der Waals surface area contributed by atoms with Crippen LogP contribution in [-0.2, 0) is 20.6 Å². The SMILES string of the molecule is O=C([C@@H]1CN(S(=O)(=O)Cc2ccccc2)c2ccccc2O1)N1CCN(c2ccccc2F)CC1. The molecule has 3 aromatic rings. The summed E-state index contributed by atoms with van der Waals surface area (Å²) in [5, 5.41) is 0. The number of para-hydroxylation sites is 3. The first kappa shape index (κ1) is 23.2. The molecule has 1 amide bonds. The van der Waals surface area contributed by atoms with Crippen LogP contribution in [0.25, 0.3) is 0 Å². The Morgan fingerprint density at radius 1 is 0.857 bits per heavy atom. The van der Waals surface area contributed by atoms with E-state index in [1.165, 1.54) is 10.4 Å². The minimum absolute atomic E-state index is 0.0987. The molecule has 0 bridgehead atoms. The zero-order valence-electron chi connectivity index (χ0n) is 19.1. The third kappa shape index (κ3) is 4.81. The quantitative estimate of drug-likeness (QED) is 0.544. The van der Waals surface area contributed by atoms with Gasteiger partial charge in [-0.1, -0.05) is 54.6 Å². The third-order valence-corrected chi connectivity index (χ3v) is 8.04. The number of piperazine rings is 1. The van der Waals surface area contributed by atoms with Crippen molar-refractivity contribution in [2.45, 2.75) is 11.9 Å². The molecule has 0 aliphatic carbocycles. The molecule has 35 heavy (non-hydrogen) atoms. The fraction of sp³-hybridized carbons (Fsp3) is 0.269. The number of ether oxygens (including phenoxy) is 1. The lowest BCUT2D eigenvalue weighted by molar-refractivity contribution is -0.138. The van der Waals surface area contributed by atoms with E-state index in [-0.39, 0.29) is 24.0 Å². The normalized spacial score (nSPS) is 18.1. The summed E-state index contributed by atoms with van der Waals surface area (Å²) < 4.78 is 48.2. The van der Waals surface area contributed by atoms with Crippen molar-refractivity contribution < 1.29 is 22.3 Å². The number of nitrogens with zero attached hydrogens (tertiary/aromatic N) is 3. The molecule has 0 radical (unpaired) electrons. The molecule has 0 aromatic heterocycles. The van der Waals surface area contributed by atoms with E-state index < -0.39 is 16.1 Å². The summed E-state index contributed by atoms with van der Waals surface area (Å²) in [6.07, 6.45) is -0.963. The van der Waals surface area contributed by atoms with Gasteiger partial charge in [0.25, 0.3) is 5.91 Å². The molecule has 2 aliphatic heterocycles. The molecule has 7 nitrogen and oxygen atoms in total. The minimum atomic E-state index is -3.76. The highest BCUT2D eigenvalue weighted by Crippen LogP contribution is 2.36. The Kier molecular flexibility index (Phi) is 6.34. The Morgan fingerprint density at radius 3 is 2.20 bits per heavy atom. The van der Waals surface area contributed by atoms with Crippen LogP contribution in [0.15, 0.2) is 78.9 Å². The van der Waals surface area contributed by atoms with Gasteiger partial charge in [0.1, 0.15) is 11.6 Å². The highest BCUT2D eigenvalue weighted by Gasteiger charge is 2.39. The maximum absolute atomic E-state index is 14.2. The van der Waals surface area contributed by atoms with Gasteiger partial charge in [0, 0.05) is 26.2 Å². The Morgan fingerprint density at radius 2 is 1.49 bits per heavy atom. The van der Waals surface area contributed by atoms with Crippen LogP contribution < -0.4 is 13.9 Å². The summed E-state index contributed by atoms with van der Waals surface area (Å²) >= 11 is 0. The van der Waals surface area contributed by atoms with E-state index in [1.807, 2.05) is 11.0 Å². The minimum Gasteiger partial charge on any atom is -0.476 e. The number of carbonyl (C=O) groups excluding carboxylic acids is 1. The second kappa shape index (κ2) is 9.58. The van der Waals surface area contributed by atoms with E-state index in [0.717, 1.165) is 0 Å². The van der Waals surface area contributed by atoms with Gasteiger partial charge in [-0.25, -0.2) is 12.8 Å². The Labute approximate surface area is 204 Å². The molecule has 9 heteroatoms. The maximum Gasteiger partial charge on any atom is 0.265 e. The summed E-state index contributed by atoms with van der Waals surface area (Å²) in [5.41, 5.74) is 1.61. The average Bonchev–Trinajstić information content (AvgIpc) is 2.88. The first-order valence-corrected chi connectivity index (χ1v) is 13.1. The molecule has 182 valence electrons.